The molecule has 0 amide bonds. The molecule has 17 heteroatoms. The minimum atomic E-state index is -1.08. The van der Waals surface area contributed by atoms with Gasteiger partial charge in [0.1, 0.15) is 17.3 Å². The Hall–Kier alpha value is -0.280. The Labute approximate surface area is 350 Å². The number of hydrogen-bond acceptors (Lipinski definition) is 11. The fourth-order valence-electron chi connectivity index (χ4n) is 7.26. The molecule has 1 N–H and O–H groups in total. The molecule has 54 heavy (non-hydrogen) atoms. The lowest BCUT2D eigenvalue weighted by atomic mass is 9.59. The molecule has 0 bridgehead atoms. The van der Waals surface area contributed by atoms with Crippen LogP contribution in [0.15, 0.2) is 25.3 Å². The van der Waals surface area contributed by atoms with Gasteiger partial charge in [-0.2, -0.15) is 0 Å². The average Bonchev–Trinajstić information content (AvgIpc) is 3.88. The molecule has 4 aliphatic rings. The quantitative estimate of drug-likeness (QED) is 0.193. The lowest BCUT2D eigenvalue weighted by Gasteiger charge is -2.43. The summed E-state index contributed by atoms with van der Waals surface area (Å²) < 4.78 is 22.3. The molecule has 4 fully saturated rings. The molecule has 2 heterocycles. The minimum Gasteiger partial charge on any atom is -0.393 e. The zero-order valence-electron chi connectivity index (χ0n) is 31.8. The third-order valence-corrected chi connectivity index (χ3v) is 22.7. The van der Waals surface area contributed by atoms with Crippen molar-refractivity contribution in [2.75, 3.05) is 26.4 Å². The van der Waals surface area contributed by atoms with E-state index in [1.165, 1.54) is 17.8 Å². The van der Waals surface area contributed by atoms with Gasteiger partial charge in [0.05, 0.1) is 43.4 Å². The van der Waals surface area contributed by atoms with E-state index < -0.39 is 46.3 Å². The van der Waals surface area contributed by atoms with Crippen LogP contribution < -0.4 is 0 Å². The number of hydrogen-bond donors (Lipinski definition) is 1. The molecule has 2 aliphatic carbocycles. The molecule has 0 spiro atoms. The summed E-state index contributed by atoms with van der Waals surface area (Å²) in [6.45, 7) is 22.7. The first-order chi connectivity index (χ1) is 24.9. The van der Waals surface area contributed by atoms with Crippen LogP contribution in [0.1, 0.15) is 101 Å². The van der Waals surface area contributed by atoms with Crippen LogP contribution >= 0.6 is 0 Å². The summed E-state index contributed by atoms with van der Waals surface area (Å²) in [6.07, 6.45) is 5.80. The van der Waals surface area contributed by atoms with E-state index in [0.717, 1.165) is 19.3 Å². The second-order valence-corrected chi connectivity index (χ2v) is 25.6. The Balaban J connectivity index is 0.000000446. The van der Waals surface area contributed by atoms with Crippen molar-refractivity contribution in [3.05, 3.63) is 25.3 Å². The zero-order valence-corrected chi connectivity index (χ0v) is 38.3. The van der Waals surface area contributed by atoms with E-state index in [2.05, 4.69) is 35.5 Å². The lowest BCUT2D eigenvalue weighted by molar-refractivity contribution is -0.157. The first-order valence-corrected chi connectivity index (χ1v) is 27.1. The van der Waals surface area contributed by atoms with Gasteiger partial charge in [0.2, 0.25) is 0 Å². The van der Waals surface area contributed by atoms with E-state index in [0.29, 0.717) is 39.3 Å². The summed E-state index contributed by atoms with van der Waals surface area (Å²) in [5, 5.41) is 9.91. The van der Waals surface area contributed by atoms with Crippen LogP contribution in [0.3, 0.4) is 0 Å². The number of aliphatic hydroxyl groups is 1. The molecule has 0 aromatic carbocycles. The maximum Gasteiger partial charge on any atom is 0.166 e. The molecule has 2 aliphatic heterocycles. The topological polar surface area (TPSA) is 125 Å². The van der Waals surface area contributed by atoms with Gasteiger partial charge >= 0.3 is 0 Å². The molecular weight excluding hydrogens is 845 g/mol. The van der Waals surface area contributed by atoms with Gasteiger partial charge in [-0.3, -0.25) is 19.2 Å². The molecule has 2 saturated heterocycles. The van der Waals surface area contributed by atoms with Crippen LogP contribution in [-0.2, 0) is 114 Å². The fourth-order valence-corrected chi connectivity index (χ4v) is 18.2. The summed E-state index contributed by atoms with van der Waals surface area (Å²) >= 11 is 9.21. The van der Waals surface area contributed by atoms with Crippen molar-refractivity contribution in [2.24, 2.45) is 39.4 Å². The SMILES string of the molecule is C.C=C[C@](C)(CC(=O)[C@@]1(C)C(=O)C(C(C)O)CC[C@H]1C)C1OCCO1.C=C[C@](C)(CC(=O)[C@@]1(C)C(=O)CCC[C@H]1C)C1OCCO1.S=S=S=S=S=S=S=S. The Bertz CT molecular complexity index is 1580. The summed E-state index contributed by atoms with van der Waals surface area (Å²) in [5.74, 6) is -0.623. The zero-order chi connectivity index (χ0) is 40.0. The average molecular weight is 905 g/mol. The highest BCUT2D eigenvalue weighted by Crippen LogP contribution is 2.46. The third-order valence-electron chi connectivity index (χ3n) is 11.6. The molecule has 0 radical (unpaired) electrons. The number of carbonyl (C=O) groups excluding carboxylic acids is 4. The molecule has 2 saturated carbocycles. The van der Waals surface area contributed by atoms with Gasteiger partial charge in [0, 0.05) is 112 Å². The molecule has 2 unspecified atom stereocenters. The van der Waals surface area contributed by atoms with Gasteiger partial charge < -0.3 is 24.1 Å². The molecular formula is C37H60O9S8. The van der Waals surface area contributed by atoms with Gasteiger partial charge in [-0.1, -0.05) is 47.3 Å². The maximum absolute atomic E-state index is 13.2. The Kier molecular flexibility index (Phi) is 23.0. The standard InChI is InChI=1S/C19H30O5.C17H26O4.CH4.S8/c1-6-18(4,17-23-9-10-24-17)11-15(21)19(5)12(2)7-8-14(13(3)20)16(19)22;1-5-16(3,15-20-9-10-21-15)11-14(19)17(4)12(2)7-6-8-13(17)18;;1-3-5-7-8-6-4-2/h6,12-14,17,20H,1,7-11H2,2-5H3;5,12,15H,1,6-11H2,2-4H3;1H4;/t12-,13?,14?,18-,19+;12-,16-,17-;;/m11../s1. The summed E-state index contributed by atoms with van der Waals surface area (Å²) in [7, 11) is 9.12. The van der Waals surface area contributed by atoms with Gasteiger partial charge in [-0.15, -0.1) is 13.2 Å². The smallest absolute Gasteiger partial charge is 0.166 e. The Morgan fingerprint density at radius 1 is 0.815 bits per heavy atom. The van der Waals surface area contributed by atoms with Crippen molar-refractivity contribution in [1.82, 2.24) is 0 Å². The van der Waals surface area contributed by atoms with Crippen molar-refractivity contribution in [2.45, 2.75) is 120 Å². The van der Waals surface area contributed by atoms with E-state index in [1.807, 2.05) is 27.7 Å². The van der Waals surface area contributed by atoms with E-state index in [4.69, 9.17) is 18.9 Å². The highest BCUT2D eigenvalue weighted by atomic mass is 33.4. The van der Waals surface area contributed by atoms with Crippen LogP contribution in [0.25, 0.3) is 0 Å². The van der Waals surface area contributed by atoms with E-state index >= 15 is 0 Å². The van der Waals surface area contributed by atoms with Crippen molar-refractivity contribution in [1.29, 1.82) is 0 Å². The van der Waals surface area contributed by atoms with Crippen molar-refractivity contribution >= 4 is 98.8 Å². The van der Waals surface area contributed by atoms with Gasteiger partial charge in [0.25, 0.3) is 0 Å². The molecule has 0 aromatic heterocycles. The first kappa shape index (κ1) is 51.7. The van der Waals surface area contributed by atoms with Crippen molar-refractivity contribution < 1.29 is 43.2 Å². The number of ketones is 4. The Morgan fingerprint density at radius 3 is 1.59 bits per heavy atom. The van der Waals surface area contributed by atoms with Crippen molar-refractivity contribution in [3.8, 4) is 0 Å². The van der Waals surface area contributed by atoms with Gasteiger partial charge in [-0.25, -0.2) is 0 Å². The van der Waals surface area contributed by atoms with Crippen LogP contribution in [0.4, 0.5) is 0 Å². The molecule has 8 atom stereocenters. The number of ether oxygens (including phenoxy) is 4. The monoisotopic (exact) mass is 904 g/mol. The number of carbonyl (C=O) groups is 4. The van der Waals surface area contributed by atoms with Crippen LogP contribution in [-0.4, -0.2) is 73.4 Å². The molecule has 4 rings (SSSR count). The first-order valence-electron chi connectivity index (χ1n) is 17.7. The molecule has 310 valence electrons. The van der Waals surface area contributed by atoms with E-state index in [-0.39, 0.29) is 55.2 Å². The normalized spacial score (nSPS) is 29.8. The number of rotatable bonds is 11. The Morgan fingerprint density at radius 2 is 1.22 bits per heavy atom. The number of Topliss-reactive ketones (excluding diaryl/α,β-unsaturated/α-hetero) is 4. The maximum atomic E-state index is 13.2. The fraction of sp³-hybridized carbons (Fsp3) is 0.784. The predicted molar refractivity (Wildman–Crippen MR) is 236 cm³/mol. The highest BCUT2D eigenvalue weighted by Gasteiger charge is 2.54. The predicted octanol–water partition coefficient (Wildman–Crippen LogP) is 6.04. The second kappa shape index (κ2) is 24.0. The number of aliphatic hydroxyl groups excluding tert-OH is 1. The van der Waals surface area contributed by atoms with Crippen LogP contribution in [0.5, 0.6) is 0 Å². The summed E-state index contributed by atoms with van der Waals surface area (Å²) in [4.78, 5) is 51.4. The molecule has 0 aromatic rings. The van der Waals surface area contributed by atoms with Crippen molar-refractivity contribution in [3.63, 3.8) is 0 Å². The summed E-state index contributed by atoms with van der Waals surface area (Å²) in [5.41, 5.74) is -3.22. The van der Waals surface area contributed by atoms with Crippen LogP contribution in [0, 0.1) is 39.4 Å². The van der Waals surface area contributed by atoms with E-state index in [9.17, 15) is 24.3 Å². The van der Waals surface area contributed by atoms with Gasteiger partial charge in [0.15, 0.2) is 18.4 Å². The second-order valence-electron chi connectivity index (χ2n) is 15.0. The largest absolute Gasteiger partial charge is 0.393 e. The minimum absolute atomic E-state index is 0. The summed E-state index contributed by atoms with van der Waals surface area (Å²) in [6, 6.07) is 0. The molecule has 9 nitrogen and oxygen atoms in total. The van der Waals surface area contributed by atoms with Crippen LogP contribution in [0.2, 0.25) is 0 Å². The third kappa shape index (κ3) is 12.9. The van der Waals surface area contributed by atoms with Gasteiger partial charge in [-0.05, 0) is 58.3 Å². The highest BCUT2D eigenvalue weighted by molar-refractivity contribution is 8.70. The van der Waals surface area contributed by atoms with E-state index in [1.54, 1.807) is 68.4 Å². The lowest BCUT2D eigenvalue weighted by Crippen LogP contribution is -2.52.